The minimum atomic E-state index is -0.238. The Morgan fingerprint density at radius 2 is 1.71 bits per heavy atom. The van der Waals surface area contributed by atoms with E-state index >= 15 is 0 Å². The lowest BCUT2D eigenvalue weighted by Crippen LogP contribution is -2.52. The summed E-state index contributed by atoms with van der Waals surface area (Å²) in [6.45, 7) is 3.41. The monoisotopic (exact) mass is 294 g/mol. The Morgan fingerprint density at radius 3 is 2.29 bits per heavy atom. The Hall–Kier alpha value is -1.99. The van der Waals surface area contributed by atoms with E-state index in [-0.39, 0.29) is 5.91 Å². The summed E-state index contributed by atoms with van der Waals surface area (Å²) in [4.78, 5) is 14.6. The molecule has 7 heteroatoms. The Labute approximate surface area is 124 Å². The fraction of sp³-hybridized carbons (Fsp3) is 0.500. The topological polar surface area (TPSA) is 80.1 Å². The second-order valence-corrected chi connectivity index (χ2v) is 5.03. The number of nitrogens with two attached hydrogens (primary N) is 1. The van der Waals surface area contributed by atoms with Gasteiger partial charge in [0.1, 0.15) is 0 Å². The van der Waals surface area contributed by atoms with Gasteiger partial charge in [0.05, 0.1) is 19.8 Å². The van der Waals surface area contributed by atoms with E-state index in [0.717, 1.165) is 26.2 Å². The highest BCUT2D eigenvalue weighted by Crippen LogP contribution is 2.31. The Balaban J connectivity index is 2.11. The number of anilines is 1. The maximum absolute atomic E-state index is 12.3. The summed E-state index contributed by atoms with van der Waals surface area (Å²) >= 11 is 0. The smallest absolute Gasteiger partial charge is 0.267 e. The largest absolute Gasteiger partial charge is 0.493 e. The fourth-order valence-electron chi connectivity index (χ4n) is 2.21. The number of amides is 1. The Kier molecular flexibility index (Phi) is 4.87. The molecule has 116 valence electrons. The molecule has 1 aromatic carbocycles. The van der Waals surface area contributed by atoms with E-state index in [1.807, 2.05) is 5.01 Å². The molecule has 1 fully saturated rings. The molecule has 0 saturated carbocycles. The van der Waals surface area contributed by atoms with Crippen LogP contribution in [0.25, 0.3) is 0 Å². The van der Waals surface area contributed by atoms with Crippen LogP contribution in [0.1, 0.15) is 10.4 Å². The van der Waals surface area contributed by atoms with Gasteiger partial charge in [-0.05, 0) is 13.1 Å². The first-order valence-electron chi connectivity index (χ1n) is 6.81. The average Bonchev–Trinajstić information content (AvgIpc) is 2.49. The lowest BCUT2D eigenvalue weighted by molar-refractivity contribution is 0.0663. The molecule has 0 atom stereocenters. The van der Waals surface area contributed by atoms with Crippen molar-refractivity contribution in [3.8, 4) is 11.5 Å². The number of hydrogen-bond donors (Lipinski definition) is 2. The van der Waals surface area contributed by atoms with Crippen LogP contribution in [0.2, 0.25) is 0 Å². The number of rotatable bonds is 4. The van der Waals surface area contributed by atoms with E-state index in [1.54, 1.807) is 12.1 Å². The van der Waals surface area contributed by atoms with Crippen molar-refractivity contribution in [3.05, 3.63) is 17.7 Å². The molecule has 0 bridgehead atoms. The zero-order valence-corrected chi connectivity index (χ0v) is 12.7. The molecule has 1 aromatic rings. The first-order chi connectivity index (χ1) is 10.0. The molecule has 21 heavy (non-hydrogen) atoms. The average molecular weight is 294 g/mol. The molecule has 0 spiro atoms. The summed E-state index contributed by atoms with van der Waals surface area (Å²) in [6, 6.07) is 3.19. The number of nitrogens with zero attached hydrogens (tertiary/aromatic N) is 2. The molecular formula is C14H22N4O3. The molecule has 3 N–H and O–H groups in total. The maximum atomic E-state index is 12.3. The van der Waals surface area contributed by atoms with Gasteiger partial charge in [0.15, 0.2) is 11.5 Å². The highest BCUT2D eigenvalue weighted by atomic mass is 16.5. The molecule has 0 radical (unpaired) electrons. The molecule has 1 aliphatic heterocycles. The van der Waals surface area contributed by atoms with Gasteiger partial charge in [0.2, 0.25) is 0 Å². The van der Waals surface area contributed by atoms with Gasteiger partial charge in [-0.1, -0.05) is 0 Å². The molecule has 0 aliphatic carbocycles. The predicted molar refractivity (Wildman–Crippen MR) is 80.5 cm³/mol. The number of carbonyl (C=O) groups is 1. The molecule has 1 aliphatic rings. The van der Waals surface area contributed by atoms with Crippen molar-refractivity contribution in [2.75, 3.05) is 53.2 Å². The van der Waals surface area contributed by atoms with Crippen molar-refractivity contribution in [2.24, 2.45) is 0 Å². The van der Waals surface area contributed by atoms with Gasteiger partial charge in [0, 0.05) is 37.9 Å². The summed E-state index contributed by atoms with van der Waals surface area (Å²) in [5, 5.41) is 1.90. The quantitative estimate of drug-likeness (QED) is 0.771. The highest BCUT2D eigenvalue weighted by molar-refractivity contribution is 5.99. The van der Waals surface area contributed by atoms with Gasteiger partial charge in [-0.3, -0.25) is 10.2 Å². The van der Waals surface area contributed by atoms with Crippen LogP contribution in [0.3, 0.4) is 0 Å². The van der Waals surface area contributed by atoms with Crippen molar-refractivity contribution in [1.29, 1.82) is 0 Å². The molecule has 1 amide bonds. The first kappa shape index (κ1) is 15.4. The summed E-state index contributed by atoms with van der Waals surface area (Å²) < 4.78 is 10.4. The number of ether oxygens (including phenoxy) is 2. The van der Waals surface area contributed by atoms with Crippen molar-refractivity contribution in [2.45, 2.75) is 0 Å². The molecule has 7 nitrogen and oxygen atoms in total. The van der Waals surface area contributed by atoms with Crippen molar-refractivity contribution in [1.82, 2.24) is 15.3 Å². The summed E-state index contributed by atoms with van der Waals surface area (Å²) in [6.07, 6.45) is 0. The number of piperazine rings is 1. The van der Waals surface area contributed by atoms with Crippen LogP contribution >= 0.6 is 0 Å². The fourth-order valence-corrected chi connectivity index (χ4v) is 2.21. The molecule has 0 unspecified atom stereocenters. The van der Waals surface area contributed by atoms with E-state index < -0.39 is 0 Å². The summed E-state index contributed by atoms with van der Waals surface area (Å²) in [7, 11) is 5.11. The number of carbonyl (C=O) groups excluding carboxylic acids is 1. The van der Waals surface area contributed by atoms with E-state index in [0.29, 0.717) is 22.7 Å². The maximum Gasteiger partial charge on any atom is 0.267 e. The van der Waals surface area contributed by atoms with E-state index in [4.69, 9.17) is 15.2 Å². The Morgan fingerprint density at radius 1 is 1.14 bits per heavy atom. The first-order valence-corrected chi connectivity index (χ1v) is 6.81. The Bertz CT molecular complexity index is 513. The van der Waals surface area contributed by atoms with E-state index in [2.05, 4.69) is 17.4 Å². The number of nitrogen functional groups attached to an aromatic ring is 1. The molecule has 1 saturated heterocycles. The van der Waals surface area contributed by atoms with Gasteiger partial charge < -0.3 is 20.1 Å². The van der Waals surface area contributed by atoms with Gasteiger partial charge in [-0.2, -0.15) is 0 Å². The van der Waals surface area contributed by atoms with Crippen LogP contribution in [-0.2, 0) is 0 Å². The van der Waals surface area contributed by atoms with Crippen LogP contribution in [-0.4, -0.2) is 63.3 Å². The molecule has 0 aromatic heterocycles. The minimum Gasteiger partial charge on any atom is -0.493 e. The van der Waals surface area contributed by atoms with Crippen molar-refractivity contribution >= 4 is 11.6 Å². The predicted octanol–water partition coefficient (Wildman–Crippen LogP) is 0.178. The number of methoxy groups -OCH3 is 2. The number of nitrogens with one attached hydrogen (secondary N) is 1. The van der Waals surface area contributed by atoms with Crippen molar-refractivity contribution in [3.63, 3.8) is 0 Å². The third kappa shape index (κ3) is 3.56. The minimum absolute atomic E-state index is 0.238. The van der Waals surface area contributed by atoms with Crippen LogP contribution < -0.4 is 20.6 Å². The normalized spacial score (nSPS) is 16.5. The van der Waals surface area contributed by atoms with Gasteiger partial charge >= 0.3 is 0 Å². The van der Waals surface area contributed by atoms with E-state index in [9.17, 15) is 4.79 Å². The van der Waals surface area contributed by atoms with E-state index in [1.165, 1.54) is 14.2 Å². The van der Waals surface area contributed by atoms with Gasteiger partial charge in [-0.25, -0.2) is 5.01 Å². The number of likely N-dealkylation sites (N-methyl/N-ethyl adjacent to an activating group) is 1. The summed E-state index contributed by atoms with van der Waals surface area (Å²) in [5.41, 5.74) is 9.54. The van der Waals surface area contributed by atoms with Gasteiger partial charge in [-0.15, -0.1) is 0 Å². The van der Waals surface area contributed by atoms with Crippen LogP contribution in [0.5, 0.6) is 11.5 Å². The second kappa shape index (κ2) is 6.64. The third-order valence-corrected chi connectivity index (χ3v) is 3.56. The standard InChI is InChI=1S/C14H22N4O3/c1-17-4-6-18(7-5-17)16-14(19)10-8-12(20-2)13(21-3)9-11(10)15/h8-9H,4-7,15H2,1-3H3,(H,16,19). The lowest BCUT2D eigenvalue weighted by atomic mass is 10.1. The molecule has 1 heterocycles. The molecular weight excluding hydrogens is 272 g/mol. The van der Waals surface area contributed by atoms with Crippen LogP contribution in [0, 0.1) is 0 Å². The zero-order chi connectivity index (χ0) is 15.4. The number of benzene rings is 1. The second-order valence-electron chi connectivity index (χ2n) is 5.03. The number of hydrazine groups is 1. The zero-order valence-electron chi connectivity index (χ0n) is 12.7. The molecule has 2 rings (SSSR count). The van der Waals surface area contributed by atoms with Crippen molar-refractivity contribution < 1.29 is 14.3 Å². The summed E-state index contributed by atoms with van der Waals surface area (Å²) in [5.74, 6) is 0.749. The SMILES string of the molecule is COc1cc(N)c(C(=O)NN2CCN(C)CC2)cc1OC. The lowest BCUT2D eigenvalue weighted by Gasteiger charge is -2.32. The van der Waals surface area contributed by atoms with Gasteiger partial charge in [0.25, 0.3) is 5.91 Å². The van der Waals surface area contributed by atoms with Crippen LogP contribution in [0.15, 0.2) is 12.1 Å². The number of hydrogen-bond acceptors (Lipinski definition) is 6. The third-order valence-electron chi connectivity index (χ3n) is 3.56. The van der Waals surface area contributed by atoms with Crippen LogP contribution in [0.4, 0.5) is 5.69 Å². The highest BCUT2D eigenvalue weighted by Gasteiger charge is 2.19.